The van der Waals surface area contributed by atoms with Gasteiger partial charge in [0.15, 0.2) is 0 Å². The van der Waals surface area contributed by atoms with Crippen LogP contribution < -0.4 is 10.6 Å². The minimum Gasteiger partial charge on any atom is -0.396 e. The lowest BCUT2D eigenvalue weighted by molar-refractivity contribution is -0.124. The van der Waals surface area contributed by atoms with Crippen LogP contribution in [-0.4, -0.2) is 84.8 Å². The van der Waals surface area contributed by atoms with Crippen molar-refractivity contribution in [3.8, 4) is 0 Å². The van der Waals surface area contributed by atoms with Crippen molar-refractivity contribution in [2.24, 2.45) is 11.8 Å². The maximum Gasteiger partial charge on any atom is 0.237 e. The normalized spacial score (nSPS) is 45.1. The molecule has 9 atom stereocenters. The zero-order valence-electron chi connectivity index (χ0n) is 17.9. The van der Waals surface area contributed by atoms with Crippen molar-refractivity contribution in [1.29, 1.82) is 0 Å². The molecule has 2 saturated heterocycles. The van der Waals surface area contributed by atoms with Crippen molar-refractivity contribution in [1.82, 2.24) is 15.5 Å². The number of rotatable bonds is 5. The lowest BCUT2D eigenvalue weighted by Crippen LogP contribution is -2.55. The molecule has 2 aliphatic heterocycles. The van der Waals surface area contributed by atoms with Crippen LogP contribution in [0.2, 0.25) is 0 Å². The van der Waals surface area contributed by atoms with Crippen molar-refractivity contribution < 1.29 is 23.4 Å². The molecule has 3 N–H and O–H groups in total. The minimum atomic E-state index is -0.942. The number of aliphatic hydroxyl groups is 1. The molecule has 4 aliphatic rings. The summed E-state index contributed by atoms with van der Waals surface area (Å²) in [6.07, 6.45) is 2.31. The molecular formula is C22H37F2N3O3. The Morgan fingerprint density at radius 1 is 1.23 bits per heavy atom. The second-order valence-corrected chi connectivity index (χ2v) is 9.88. The first-order valence-corrected chi connectivity index (χ1v) is 11.8. The molecular weight excluding hydrogens is 392 g/mol. The Balaban J connectivity index is 1.32. The highest BCUT2D eigenvalue weighted by atomic mass is 19.1. The molecule has 30 heavy (non-hydrogen) atoms. The van der Waals surface area contributed by atoms with E-state index in [1.54, 1.807) is 0 Å². The fraction of sp³-hybridized carbons (Fsp3) is 0.955. The number of halogens is 2. The predicted molar refractivity (Wildman–Crippen MR) is 110 cm³/mol. The van der Waals surface area contributed by atoms with Crippen molar-refractivity contribution >= 4 is 5.91 Å². The number of amides is 1. The highest BCUT2D eigenvalue weighted by Crippen LogP contribution is 2.38. The third kappa shape index (κ3) is 4.97. The zero-order valence-corrected chi connectivity index (χ0v) is 17.9. The van der Waals surface area contributed by atoms with E-state index in [4.69, 9.17) is 4.74 Å². The van der Waals surface area contributed by atoms with Crippen molar-refractivity contribution in [3.63, 3.8) is 0 Å². The van der Waals surface area contributed by atoms with Gasteiger partial charge in [-0.1, -0.05) is 6.92 Å². The maximum atomic E-state index is 14.5. The van der Waals surface area contributed by atoms with Gasteiger partial charge in [-0.25, -0.2) is 8.78 Å². The Kier molecular flexibility index (Phi) is 7.27. The number of hydrogen-bond acceptors (Lipinski definition) is 5. The molecule has 0 bridgehead atoms. The van der Waals surface area contributed by atoms with Gasteiger partial charge in [-0.05, 0) is 50.9 Å². The molecule has 1 amide bonds. The van der Waals surface area contributed by atoms with Crippen LogP contribution in [-0.2, 0) is 9.53 Å². The summed E-state index contributed by atoms with van der Waals surface area (Å²) in [5, 5.41) is 15.6. The quantitative estimate of drug-likeness (QED) is 0.619. The SMILES string of the molecule is CC1CCC(F)C2CC(C(=O)NC3CC(F)CC(N4CCOC(CCO)C4)C3)NC12. The number of carbonyl (C=O) groups is 1. The second-order valence-electron chi connectivity index (χ2n) is 9.88. The lowest BCUT2D eigenvalue weighted by atomic mass is 9.77. The van der Waals surface area contributed by atoms with Crippen LogP contribution in [0.4, 0.5) is 8.78 Å². The number of carbonyl (C=O) groups excluding carboxylic acids is 1. The molecule has 6 nitrogen and oxygen atoms in total. The summed E-state index contributed by atoms with van der Waals surface area (Å²) in [5.74, 6) is 0.179. The van der Waals surface area contributed by atoms with Gasteiger partial charge in [0.05, 0.1) is 18.8 Å². The van der Waals surface area contributed by atoms with Crippen LogP contribution in [0.3, 0.4) is 0 Å². The molecule has 172 valence electrons. The van der Waals surface area contributed by atoms with E-state index in [-0.39, 0.29) is 48.7 Å². The van der Waals surface area contributed by atoms with Crippen molar-refractivity contribution in [2.75, 3.05) is 26.3 Å². The fourth-order valence-electron chi connectivity index (χ4n) is 6.13. The molecule has 0 aromatic carbocycles. The summed E-state index contributed by atoms with van der Waals surface area (Å²) >= 11 is 0. The molecule has 4 fully saturated rings. The van der Waals surface area contributed by atoms with Crippen LogP contribution >= 0.6 is 0 Å². The summed E-state index contributed by atoms with van der Waals surface area (Å²) in [4.78, 5) is 15.2. The van der Waals surface area contributed by atoms with Crippen LogP contribution in [0.25, 0.3) is 0 Å². The van der Waals surface area contributed by atoms with Gasteiger partial charge in [-0.15, -0.1) is 0 Å². The first-order chi connectivity index (χ1) is 14.4. The van der Waals surface area contributed by atoms with E-state index in [0.717, 1.165) is 19.4 Å². The number of hydrogen-bond donors (Lipinski definition) is 3. The number of morpholine rings is 1. The predicted octanol–water partition coefficient (Wildman–Crippen LogP) is 1.56. The Morgan fingerprint density at radius 3 is 2.83 bits per heavy atom. The average Bonchev–Trinajstić information content (AvgIpc) is 3.18. The highest BCUT2D eigenvalue weighted by Gasteiger charge is 2.46. The molecule has 0 aromatic rings. The highest BCUT2D eigenvalue weighted by molar-refractivity contribution is 5.82. The molecule has 0 radical (unpaired) electrons. The summed E-state index contributed by atoms with van der Waals surface area (Å²) < 4.78 is 34.6. The van der Waals surface area contributed by atoms with E-state index < -0.39 is 12.3 Å². The van der Waals surface area contributed by atoms with Gasteiger partial charge in [-0.3, -0.25) is 9.69 Å². The number of nitrogens with zero attached hydrogens (tertiary/aromatic N) is 1. The standard InChI is InChI=1S/C22H37F2N3O3/c1-13-2-3-19(24)18-11-20(26-21(13)18)22(29)25-15-8-14(23)9-16(10-15)27-5-7-30-17(12-27)4-6-28/h13-21,26,28H,2-12H2,1H3,(H,25,29). The molecule has 8 heteroatoms. The van der Waals surface area contributed by atoms with E-state index in [0.29, 0.717) is 51.2 Å². The monoisotopic (exact) mass is 429 g/mol. The van der Waals surface area contributed by atoms with Gasteiger partial charge >= 0.3 is 0 Å². The van der Waals surface area contributed by atoms with E-state index >= 15 is 0 Å². The van der Waals surface area contributed by atoms with Crippen molar-refractivity contribution in [3.05, 3.63) is 0 Å². The number of fused-ring (bicyclic) bond motifs is 1. The molecule has 4 rings (SSSR count). The van der Waals surface area contributed by atoms with Gasteiger partial charge in [0.2, 0.25) is 5.91 Å². The van der Waals surface area contributed by atoms with Gasteiger partial charge in [0.25, 0.3) is 0 Å². The molecule has 2 aliphatic carbocycles. The van der Waals surface area contributed by atoms with E-state index in [9.17, 15) is 18.7 Å². The first kappa shape index (κ1) is 22.4. The van der Waals surface area contributed by atoms with E-state index in [1.807, 2.05) is 0 Å². The average molecular weight is 430 g/mol. The number of aliphatic hydroxyl groups excluding tert-OH is 1. The van der Waals surface area contributed by atoms with Gasteiger partial charge in [0.1, 0.15) is 12.3 Å². The Bertz CT molecular complexity index is 578. The maximum absolute atomic E-state index is 14.5. The van der Waals surface area contributed by atoms with E-state index in [2.05, 4.69) is 22.5 Å². The second kappa shape index (κ2) is 9.76. The Hall–Kier alpha value is -0.830. The Labute approximate surface area is 178 Å². The minimum absolute atomic E-state index is 0.0153. The van der Waals surface area contributed by atoms with Crippen LogP contribution in [0.5, 0.6) is 0 Å². The first-order valence-electron chi connectivity index (χ1n) is 11.8. The van der Waals surface area contributed by atoms with Gasteiger partial charge in [0, 0.05) is 43.7 Å². The third-order valence-corrected chi connectivity index (χ3v) is 7.76. The number of ether oxygens (including phenoxy) is 1. The topological polar surface area (TPSA) is 73.8 Å². The summed E-state index contributed by atoms with van der Waals surface area (Å²) in [6.45, 7) is 4.25. The largest absolute Gasteiger partial charge is 0.396 e. The van der Waals surface area contributed by atoms with Crippen LogP contribution in [0.15, 0.2) is 0 Å². The summed E-state index contributed by atoms with van der Waals surface area (Å²) in [6, 6.07) is -0.448. The smallest absolute Gasteiger partial charge is 0.237 e. The van der Waals surface area contributed by atoms with Crippen molar-refractivity contribution in [2.45, 2.75) is 94.5 Å². The Morgan fingerprint density at radius 2 is 2.07 bits per heavy atom. The molecule has 9 unspecified atom stereocenters. The van der Waals surface area contributed by atoms with Crippen LogP contribution in [0, 0.1) is 11.8 Å². The number of alkyl halides is 2. The molecule has 2 heterocycles. The molecule has 2 saturated carbocycles. The van der Waals surface area contributed by atoms with Gasteiger partial charge < -0.3 is 20.5 Å². The third-order valence-electron chi connectivity index (χ3n) is 7.76. The summed E-state index contributed by atoms with van der Waals surface area (Å²) in [5.41, 5.74) is 0. The molecule has 0 aromatic heterocycles. The summed E-state index contributed by atoms with van der Waals surface area (Å²) in [7, 11) is 0. The lowest BCUT2D eigenvalue weighted by Gasteiger charge is -2.42. The number of nitrogens with one attached hydrogen (secondary N) is 2. The molecule has 0 spiro atoms. The van der Waals surface area contributed by atoms with E-state index in [1.165, 1.54) is 0 Å². The zero-order chi connectivity index (χ0) is 21.3. The van der Waals surface area contributed by atoms with Crippen LogP contribution in [0.1, 0.15) is 51.9 Å². The van der Waals surface area contributed by atoms with Gasteiger partial charge in [-0.2, -0.15) is 0 Å². The fourth-order valence-corrected chi connectivity index (χ4v) is 6.13.